The molecule has 1 heterocycles. The van der Waals surface area contributed by atoms with Crippen molar-refractivity contribution in [3.05, 3.63) is 54.0 Å². The molecular weight excluding hydrogens is 281 g/mol. The lowest BCUT2D eigenvalue weighted by Crippen LogP contribution is -2.16. The molecule has 0 aliphatic carbocycles. The maximum atomic E-state index is 13.4. The molecule has 4 nitrogen and oxygen atoms in total. The van der Waals surface area contributed by atoms with Crippen LogP contribution >= 0.6 is 0 Å². The number of hydrogen-bond donors (Lipinski definition) is 1. The van der Waals surface area contributed by atoms with Crippen LogP contribution in [0.3, 0.4) is 0 Å². The second kappa shape index (κ2) is 4.88. The van der Waals surface area contributed by atoms with Crippen LogP contribution in [0.15, 0.2) is 41.4 Å². The van der Waals surface area contributed by atoms with E-state index >= 15 is 0 Å². The molecule has 1 aromatic heterocycles. The molecule has 0 atom stereocenters. The molecule has 0 amide bonds. The number of nitrogens with one attached hydrogen (secondary N) is 1. The minimum Gasteiger partial charge on any atom is -0.261 e. The molecular formula is C11H7F3N2O2S. The van der Waals surface area contributed by atoms with Crippen molar-refractivity contribution in [2.24, 2.45) is 0 Å². The number of rotatable bonds is 3. The van der Waals surface area contributed by atoms with Crippen LogP contribution in [0.5, 0.6) is 0 Å². The van der Waals surface area contributed by atoms with Crippen molar-refractivity contribution in [2.45, 2.75) is 4.90 Å². The average Bonchev–Trinajstić information content (AvgIpc) is 2.35. The highest BCUT2D eigenvalue weighted by molar-refractivity contribution is 7.92. The van der Waals surface area contributed by atoms with E-state index in [1.54, 1.807) is 4.72 Å². The first-order valence-corrected chi connectivity index (χ1v) is 6.47. The SMILES string of the molecule is O=S(=O)(Nc1ncccc1F)c1cc(F)ccc1F. The molecule has 100 valence electrons. The molecule has 19 heavy (non-hydrogen) atoms. The number of anilines is 1. The summed E-state index contributed by atoms with van der Waals surface area (Å²) in [5, 5.41) is 0. The van der Waals surface area contributed by atoms with E-state index in [9.17, 15) is 21.6 Å². The predicted octanol–water partition coefficient (Wildman–Crippen LogP) is 2.30. The highest BCUT2D eigenvalue weighted by atomic mass is 32.2. The number of pyridine rings is 1. The predicted molar refractivity (Wildman–Crippen MR) is 61.4 cm³/mol. The first-order chi connectivity index (χ1) is 8.90. The van der Waals surface area contributed by atoms with Gasteiger partial charge in [0.1, 0.15) is 16.5 Å². The van der Waals surface area contributed by atoms with Gasteiger partial charge in [-0.05, 0) is 30.3 Å². The van der Waals surface area contributed by atoms with Crippen LogP contribution in [0.2, 0.25) is 0 Å². The first-order valence-electron chi connectivity index (χ1n) is 4.98. The fourth-order valence-electron chi connectivity index (χ4n) is 1.33. The monoisotopic (exact) mass is 288 g/mol. The standard InChI is InChI=1S/C11H7F3N2O2S/c12-7-3-4-8(13)10(6-7)19(17,18)16-11-9(14)2-1-5-15-11/h1-6H,(H,15,16). The molecule has 0 aliphatic heterocycles. The van der Waals surface area contributed by atoms with Gasteiger partial charge in [-0.1, -0.05) is 0 Å². The lowest BCUT2D eigenvalue weighted by Gasteiger charge is -2.08. The molecule has 0 saturated heterocycles. The lowest BCUT2D eigenvalue weighted by atomic mass is 10.3. The normalized spacial score (nSPS) is 11.3. The van der Waals surface area contributed by atoms with Gasteiger partial charge in [-0.15, -0.1) is 0 Å². The zero-order valence-corrected chi connectivity index (χ0v) is 10.1. The van der Waals surface area contributed by atoms with Gasteiger partial charge in [0.15, 0.2) is 11.6 Å². The molecule has 2 aromatic rings. The molecule has 0 spiro atoms. The number of sulfonamides is 1. The molecule has 1 aromatic carbocycles. The van der Waals surface area contributed by atoms with Crippen LogP contribution in [0, 0.1) is 17.5 Å². The summed E-state index contributed by atoms with van der Waals surface area (Å²) in [7, 11) is -4.46. The Morgan fingerprint density at radius 3 is 2.47 bits per heavy atom. The number of hydrogen-bond acceptors (Lipinski definition) is 3. The average molecular weight is 288 g/mol. The van der Waals surface area contributed by atoms with Gasteiger partial charge in [-0.3, -0.25) is 4.72 Å². The van der Waals surface area contributed by atoms with Crippen LogP contribution in [-0.4, -0.2) is 13.4 Å². The van der Waals surface area contributed by atoms with Crippen LogP contribution in [0.1, 0.15) is 0 Å². The first kappa shape index (κ1) is 13.3. The summed E-state index contributed by atoms with van der Waals surface area (Å²) in [5.74, 6) is -3.59. The Bertz CT molecular complexity index is 720. The van der Waals surface area contributed by atoms with E-state index in [1.165, 1.54) is 6.07 Å². The Hall–Kier alpha value is -2.09. The summed E-state index contributed by atoms with van der Waals surface area (Å²) < 4.78 is 64.9. The second-order valence-corrected chi connectivity index (χ2v) is 5.16. The van der Waals surface area contributed by atoms with Crippen molar-refractivity contribution >= 4 is 15.8 Å². The molecule has 2 rings (SSSR count). The van der Waals surface area contributed by atoms with E-state index < -0.39 is 38.2 Å². The van der Waals surface area contributed by atoms with Crippen LogP contribution in [-0.2, 0) is 10.0 Å². The van der Waals surface area contributed by atoms with Crippen molar-refractivity contribution < 1.29 is 21.6 Å². The maximum absolute atomic E-state index is 13.4. The highest BCUT2D eigenvalue weighted by Crippen LogP contribution is 2.20. The summed E-state index contributed by atoms with van der Waals surface area (Å²) in [6.07, 6.45) is 1.16. The van der Waals surface area contributed by atoms with Crippen molar-refractivity contribution in [3.8, 4) is 0 Å². The zero-order chi connectivity index (χ0) is 14.0. The van der Waals surface area contributed by atoms with E-state index in [0.717, 1.165) is 18.3 Å². The highest BCUT2D eigenvalue weighted by Gasteiger charge is 2.21. The summed E-state index contributed by atoms with van der Waals surface area (Å²) in [5.41, 5.74) is 0. The molecule has 0 bridgehead atoms. The van der Waals surface area contributed by atoms with Crippen LogP contribution < -0.4 is 4.72 Å². The molecule has 1 N–H and O–H groups in total. The van der Waals surface area contributed by atoms with Crippen molar-refractivity contribution in [3.63, 3.8) is 0 Å². The molecule has 0 saturated carbocycles. The van der Waals surface area contributed by atoms with Gasteiger partial charge < -0.3 is 0 Å². The van der Waals surface area contributed by atoms with Gasteiger partial charge in [0.25, 0.3) is 10.0 Å². The quantitative estimate of drug-likeness (QED) is 0.942. The maximum Gasteiger partial charge on any atom is 0.266 e. The van der Waals surface area contributed by atoms with Gasteiger partial charge in [0.05, 0.1) is 0 Å². The van der Waals surface area contributed by atoms with E-state index in [2.05, 4.69) is 4.98 Å². The number of halogens is 3. The number of benzene rings is 1. The number of nitrogens with zero attached hydrogens (tertiary/aromatic N) is 1. The molecule has 0 unspecified atom stereocenters. The lowest BCUT2D eigenvalue weighted by molar-refractivity contribution is 0.555. The molecule has 0 radical (unpaired) electrons. The summed E-state index contributed by atoms with van der Waals surface area (Å²) >= 11 is 0. The second-order valence-electron chi connectivity index (χ2n) is 3.51. The van der Waals surface area contributed by atoms with E-state index in [1.807, 2.05) is 0 Å². The zero-order valence-electron chi connectivity index (χ0n) is 9.27. The van der Waals surface area contributed by atoms with Gasteiger partial charge in [0.2, 0.25) is 0 Å². The molecule has 0 fully saturated rings. The Labute approximate surface area is 107 Å². The fourth-order valence-corrected chi connectivity index (χ4v) is 2.43. The van der Waals surface area contributed by atoms with Crippen molar-refractivity contribution in [2.75, 3.05) is 4.72 Å². The van der Waals surface area contributed by atoms with Crippen molar-refractivity contribution in [1.82, 2.24) is 4.98 Å². The van der Waals surface area contributed by atoms with Gasteiger partial charge in [-0.2, -0.15) is 0 Å². The van der Waals surface area contributed by atoms with Crippen LogP contribution in [0.4, 0.5) is 19.0 Å². The summed E-state index contributed by atoms with van der Waals surface area (Å²) in [4.78, 5) is 2.54. The fraction of sp³-hybridized carbons (Fsp3) is 0. The molecule has 8 heteroatoms. The topological polar surface area (TPSA) is 59.1 Å². The summed E-state index contributed by atoms with van der Waals surface area (Å²) in [6.45, 7) is 0. The van der Waals surface area contributed by atoms with E-state index in [0.29, 0.717) is 12.1 Å². The third-order valence-electron chi connectivity index (χ3n) is 2.17. The summed E-state index contributed by atoms with van der Waals surface area (Å²) in [6, 6.07) is 4.18. The Morgan fingerprint density at radius 1 is 1.05 bits per heavy atom. The smallest absolute Gasteiger partial charge is 0.261 e. The third-order valence-corrected chi connectivity index (χ3v) is 3.53. The largest absolute Gasteiger partial charge is 0.266 e. The van der Waals surface area contributed by atoms with Crippen molar-refractivity contribution in [1.29, 1.82) is 0 Å². The molecule has 0 aliphatic rings. The Morgan fingerprint density at radius 2 is 1.79 bits per heavy atom. The minimum absolute atomic E-state index is 0.499. The van der Waals surface area contributed by atoms with E-state index in [-0.39, 0.29) is 0 Å². The third kappa shape index (κ3) is 2.84. The minimum atomic E-state index is -4.46. The van der Waals surface area contributed by atoms with Gasteiger partial charge >= 0.3 is 0 Å². The van der Waals surface area contributed by atoms with Gasteiger partial charge in [0, 0.05) is 6.20 Å². The van der Waals surface area contributed by atoms with E-state index in [4.69, 9.17) is 0 Å². The van der Waals surface area contributed by atoms with Crippen LogP contribution in [0.25, 0.3) is 0 Å². The Balaban J connectivity index is 2.44. The Kier molecular flexibility index (Phi) is 3.43. The number of aromatic nitrogens is 1. The van der Waals surface area contributed by atoms with Gasteiger partial charge in [-0.25, -0.2) is 26.6 Å².